The maximum Gasteiger partial charge on any atom is 0.354 e. The van der Waals surface area contributed by atoms with Crippen LogP contribution in [0.3, 0.4) is 0 Å². The molecule has 1 aromatic heterocycles. The Morgan fingerprint density at radius 2 is 1.95 bits per heavy atom. The second-order valence-corrected chi connectivity index (χ2v) is 6.93. The van der Waals surface area contributed by atoms with Crippen molar-refractivity contribution >= 4 is 46.6 Å². The summed E-state index contributed by atoms with van der Waals surface area (Å²) in [5, 5.41) is 0. The van der Waals surface area contributed by atoms with Crippen molar-refractivity contribution in [2.45, 2.75) is 17.3 Å². The Labute approximate surface area is 138 Å². The average Bonchev–Trinajstić information content (AvgIpc) is 2.79. The largest absolute Gasteiger partial charge is 0.464 e. The molecule has 5 nitrogen and oxygen atoms in total. The number of carbonyl (C=O) groups is 2. The van der Waals surface area contributed by atoms with Gasteiger partial charge >= 0.3 is 5.97 Å². The van der Waals surface area contributed by atoms with Crippen molar-refractivity contribution in [2.75, 3.05) is 20.8 Å². The molecule has 0 aromatic carbocycles. The van der Waals surface area contributed by atoms with Gasteiger partial charge in [0.1, 0.15) is 5.69 Å². The maximum atomic E-state index is 12.0. The molecule has 1 heterocycles. The molecule has 118 valence electrons. The van der Waals surface area contributed by atoms with Crippen LogP contribution in [-0.4, -0.2) is 40.9 Å². The molecule has 0 bridgehead atoms. The summed E-state index contributed by atoms with van der Waals surface area (Å²) in [5.74, 6) is -1.14. The van der Waals surface area contributed by atoms with Crippen molar-refractivity contribution < 1.29 is 19.1 Å². The highest BCUT2D eigenvalue weighted by Crippen LogP contribution is 2.31. The molecule has 0 radical (unpaired) electrons. The number of esters is 1. The Bertz CT molecular complexity index is 522. The quantitative estimate of drug-likeness (QED) is 0.446. The fourth-order valence-electron chi connectivity index (χ4n) is 1.90. The Morgan fingerprint density at radius 1 is 1.33 bits per heavy atom. The van der Waals surface area contributed by atoms with E-state index in [0.29, 0.717) is 13.2 Å². The second-order valence-electron chi connectivity index (χ2n) is 4.65. The Morgan fingerprint density at radius 3 is 2.43 bits per heavy atom. The summed E-state index contributed by atoms with van der Waals surface area (Å²) in [7, 11) is 2.85. The summed E-state index contributed by atoms with van der Waals surface area (Å²) in [6.07, 6.45) is 1.47. The van der Waals surface area contributed by atoms with Crippen molar-refractivity contribution in [3.8, 4) is 0 Å². The van der Waals surface area contributed by atoms with E-state index in [0.717, 1.165) is 0 Å². The molecule has 0 saturated carbocycles. The lowest BCUT2D eigenvalue weighted by atomic mass is 10.2. The number of carbonyl (C=O) groups excluding carboxylic acids is 2. The van der Waals surface area contributed by atoms with Gasteiger partial charge in [0, 0.05) is 25.4 Å². The van der Waals surface area contributed by atoms with Crippen molar-refractivity contribution in [1.29, 1.82) is 0 Å². The van der Waals surface area contributed by atoms with Crippen LogP contribution < -0.4 is 0 Å². The minimum Gasteiger partial charge on any atom is -0.464 e. The third-order valence-electron chi connectivity index (χ3n) is 2.77. The lowest BCUT2D eigenvalue weighted by Gasteiger charge is -2.13. The van der Waals surface area contributed by atoms with Crippen molar-refractivity contribution in [1.82, 2.24) is 4.57 Å². The predicted octanol–water partition coefficient (Wildman–Crippen LogP) is 3.11. The van der Waals surface area contributed by atoms with Gasteiger partial charge < -0.3 is 14.0 Å². The number of rotatable bonds is 6. The number of methoxy groups -OCH3 is 2. The number of alkyl halides is 3. The number of hydrogen-bond donors (Lipinski definition) is 0. The zero-order chi connectivity index (χ0) is 16.2. The molecule has 0 spiro atoms. The molecule has 0 N–H and O–H groups in total. The van der Waals surface area contributed by atoms with E-state index in [9.17, 15) is 9.59 Å². The van der Waals surface area contributed by atoms with Gasteiger partial charge in [0.2, 0.25) is 5.78 Å². The molecular weight excluding hydrogens is 341 g/mol. The smallest absolute Gasteiger partial charge is 0.354 e. The Hall–Kier alpha value is -0.750. The zero-order valence-electron chi connectivity index (χ0n) is 11.9. The van der Waals surface area contributed by atoms with Crippen LogP contribution >= 0.6 is 34.8 Å². The van der Waals surface area contributed by atoms with E-state index in [1.54, 1.807) is 11.7 Å². The third kappa shape index (κ3) is 4.88. The van der Waals surface area contributed by atoms with Crippen LogP contribution in [0.5, 0.6) is 0 Å². The van der Waals surface area contributed by atoms with E-state index in [1.807, 2.05) is 6.92 Å². The van der Waals surface area contributed by atoms with E-state index in [-0.39, 0.29) is 17.2 Å². The van der Waals surface area contributed by atoms with E-state index >= 15 is 0 Å². The molecule has 1 aromatic rings. The SMILES string of the molecule is COCC(C)Cn1cc(C(=O)C(Cl)(Cl)Cl)cc1C(=O)OC. The van der Waals surface area contributed by atoms with Crippen LogP contribution in [0.2, 0.25) is 0 Å². The second kappa shape index (κ2) is 7.49. The monoisotopic (exact) mass is 355 g/mol. The third-order valence-corrected chi connectivity index (χ3v) is 3.29. The fourth-order valence-corrected chi connectivity index (χ4v) is 2.22. The molecular formula is C13H16Cl3NO4. The topological polar surface area (TPSA) is 57.5 Å². The summed E-state index contributed by atoms with van der Waals surface area (Å²) < 4.78 is 9.27. The Kier molecular flexibility index (Phi) is 6.53. The molecule has 0 amide bonds. The fraction of sp³-hybridized carbons (Fsp3) is 0.538. The van der Waals surface area contributed by atoms with Gasteiger partial charge in [-0.15, -0.1) is 0 Å². The van der Waals surface area contributed by atoms with Gasteiger partial charge in [0.25, 0.3) is 3.79 Å². The molecule has 1 rings (SSSR count). The van der Waals surface area contributed by atoms with Crippen LogP contribution in [0, 0.1) is 5.92 Å². The van der Waals surface area contributed by atoms with E-state index in [4.69, 9.17) is 44.3 Å². The van der Waals surface area contributed by atoms with Crippen molar-refractivity contribution in [3.05, 3.63) is 23.5 Å². The summed E-state index contributed by atoms with van der Waals surface area (Å²) in [6, 6.07) is 1.36. The van der Waals surface area contributed by atoms with Crippen LogP contribution in [0.15, 0.2) is 12.3 Å². The molecule has 1 unspecified atom stereocenters. The predicted molar refractivity (Wildman–Crippen MR) is 81.4 cm³/mol. The van der Waals surface area contributed by atoms with E-state index in [2.05, 4.69) is 0 Å². The van der Waals surface area contributed by atoms with Gasteiger partial charge in [0.15, 0.2) is 0 Å². The first-order chi connectivity index (χ1) is 9.70. The van der Waals surface area contributed by atoms with E-state index in [1.165, 1.54) is 19.4 Å². The first kappa shape index (κ1) is 18.3. The minimum absolute atomic E-state index is 0.126. The zero-order valence-corrected chi connectivity index (χ0v) is 14.1. The standard InChI is InChI=1S/C13H16Cl3NO4/c1-8(7-20-2)5-17-6-9(11(18)13(14,15)16)4-10(17)12(19)21-3/h4,6,8H,5,7H2,1-3H3. The number of halogens is 3. The van der Waals surface area contributed by atoms with Crippen molar-refractivity contribution in [2.24, 2.45) is 5.92 Å². The van der Waals surface area contributed by atoms with Gasteiger partial charge in [-0.3, -0.25) is 4.79 Å². The summed E-state index contributed by atoms with van der Waals surface area (Å²) in [4.78, 5) is 23.7. The first-order valence-corrected chi connectivity index (χ1v) is 7.23. The van der Waals surface area contributed by atoms with Gasteiger partial charge in [0.05, 0.1) is 13.7 Å². The number of aromatic nitrogens is 1. The molecule has 1 atom stereocenters. The highest BCUT2D eigenvalue weighted by atomic mass is 35.6. The summed E-state index contributed by atoms with van der Waals surface area (Å²) >= 11 is 16.8. The lowest BCUT2D eigenvalue weighted by Crippen LogP contribution is -2.18. The molecule has 0 aliphatic heterocycles. The van der Waals surface area contributed by atoms with Crippen LogP contribution in [0.25, 0.3) is 0 Å². The molecule has 0 fully saturated rings. The minimum atomic E-state index is -2.07. The number of hydrogen-bond acceptors (Lipinski definition) is 4. The molecule has 8 heteroatoms. The number of Topliss-reactive ketones (excluding diaryl/α,β-unsaturated/α-hetero) is 1. The molecule has 0 saturated heterocycles. The maximum absolute atomic E-state index is 12.0. The van der Waals surface area contributed by atoms with Gasteiger partial charge in [-0.2, -0.15) is 0 Å². The number of nitrogens with zero attached hydrogens (tertiary/aromatic N) is 1. The summed E-state index contributed by atoms with van der Waals surface area (Å²) in [6.45, 7) is 2.92. The molecule has 0 aliphatic rings. The Balaban J connectivity index is 3.13. The normalized spacial score (nSPS) is 13.0. The highest BCUT2D eigenvalue weighted by molar-refractivity contribution is 6.77. The highest BCUT2D eigenvalue weighted by Gasteiger charge is 2.33. The van der Waals surface area contributed by atoms with Gasteiger partial charge in [-0.25, -0.2) is 4.79 Å². The first-order valence-electron chi connectivity index (χ1n) is 6.09. The molecule has 21 heavy (non-hydrogen) atoms. The number of ether oxygens (including phenoxy) is 2. The van der Waals surface area contributed by atoms with Crippen LogP contribution in [-0.2, 0) is 16.0 Å². The van der Waals surface area contributed by atoms with E-state index < -0.39 is 15.5 Å². The van der Waals surface area contributed by atoms with Gasteiger partial charge in [-0.05, 0) is 12.0 Å². The average molecular weight is 357 g/mol. The molecule has 0 aliphatic carbocycles. The summed E-state index contributed by atoms with van der Waals surface area (Å²) in [5.41, 5.74) is 0.359. The van der Waals surface area contributed by atoms with Gasteiger partial charge in [-0.1, -0.05) is 41.7 Å². The van der Waals surface area contributed by atoms with Crippen LogP contribution in [0.1, 0.15) is 27.8 Å². The van der Waals surface area contributed by atoms with Crippen molar-refractivity contribution in [3.63, 3.8) is 0 Å². The number of ketones is 1. The van der Waals surface area contributed by atoms with Crippen LogP contribution in [0.4, 0.5) is 0 Å². The lowest BCUT2D eigenvalue weighted by molar-refractivity contribution is 0.0585.